The summed E-state index contributed by atoms with van der Waals surface area (Å²) in [6, 6.07) is 22.9. The molecular weight excluding hydrogens is 392 g/mol. The summed E-state index contributed by atoms with van der Waals surface area (Å²) in [5, 5.41) is 5.93. The Morgan fingerprint density at radius 1 is 1.00 bits per heavy atom. The van der Waals surface area contributed by atoms with Crippen LogP contribution in [0.15, 0.2) is 66.7 Å². The normalized spacial score (nSPS) is 18.6. The first kappa shape index (κ1) is 21.2. The molecule has 0 aromatic heterocycles. The molecule has 6 heteroatoms. The number of nitrogens with two attached hydrogens (primary N) is 1. The molecule has 1 aliphatic heterocycles. The van der Waals surface area contributed by atoms with Gasteiger partial charge in [0.1, 0.15) is 19.0 Å². The highest BCUT2D eigenvalue weighted by Gasteiger charge is 2.27. The number of benzene rings is 3. The van der Waals surface area contributed by atoms with E-state index in [9.17, 15) is 4.79 Å². The number of primary amides is 1. The molecule has 31 heavy (non-hydrogen) atoms. The van der Waals surface area contributed by atoms with Crippen LogP contribution < -0.4 is 15.8 Å². The maximum absolute atomic E-state index is 10.6. The molecule has 1 fully saturated rings. The summed E-state index contributed by atoms with van der Waals surface area (Å²) in [5.41, 5.74) is 7.37. The van der Waals surface area contributed by atoms with Crippen molar-refractivity contribution in [2.45, 2.75) is 25.0 Å². The van der Waals surface area contributed by atoms with Crippen molar-refractivity contribution in [3.63, 3.8) is 0 Å². The quantitative estimate of drug-likeness (QED) is 0.539. The summed E-state index contributed by atoms with van der Waals surface area (Å²) in [6.07, 6.45) is 0.338. The predicted molar refractivity (Wildman–Crippen MR) is 120 cm³/mol. The van der Waals surface area contributed by atoms with E-state index in [1.54, 1.807) is 0 Å². The van der Waals surface area contributed by atoms with Crippen molar-refractivity contribution < 1.29 is 19.0 Å². The molecule has 162 valence electrons. The zero-order valence-electron chi connectivity index (χ0n) is 17.5. The number of piperidine rings is 1. The highest BCUT2D eigenvalue weighted by molar-refractivity contribution is 5.82. The van der Waals surface area contributed by atoms with Crippen molar-refractivity contribution >= 4 is 16.9 Å². The van der Waals surface area contributed by atoms with Gasteiger partial charge in [-0.15, -0.1) is 0 Å². The standard InChI is InChI=1S/C25H28N2O4/c26-25(28)30-14-13-29-22-9-7-20(8-10-22)23-11-12-27-16-24(23)31-17-18-5-6-19-3-1-2-4-21(19)15-18/h1-10,15,23-24,27H,11-14,16-17H2,(H2,26,28). The van der Waals surface area contributed by atoms with E-state index in [1.807, 2.05) is 12.1 Å². The van der Waals surface area contributed by atoms with Crippen LogP contribution in [0.1, 0.15) is 23.5 Å². The van der Waals surface area contributed by atoms with Crippen molar-refractivity contribution in [3.05, 3.63) is 77.9 Å². The third kappa shape index (κ3) is 5.75. The number of hydrogen-bond donors (Lipinski definition) is 2. The third-order valence-electron chi connectivity index (χ3n) is 5.61. The van der Waals surface area contributed by atoms with Crippen molar-refractivity contribution in [2.75, 3.05) is 26.3 Å². The van der Waals surface area contributed by atoms with E-state index in [-0.39, 0.29) is 19.3 Å². The number of nitrogens with one attached hydrogen (secondary N) is 1. The Labute approximate surface area is 182 Å². The summed E-state index contributed by atoms with van der Waals surface area (Å²) < 4.78 is 16.6. The van der Waals surface area contributed by atoms with Crippen LogP contribution in [0, 0.1) is 0 Å². The maximum Gasteiger partial charge on any atom is 0.404 e. The monoisotopic (exact) mass is 420 g/mol. The van der Waals surface area contributed by atoms with E-state index in [1.165, 1.54) is 21.9 Å². The lowest BCUT2D eigenvalue weighted by Crippen LogP contribution is -2.40. The average Bonchev–Trinajstić information content (AvgIpc) is 2.81. The van der Waals surface area contributed by atoms with Gasteiger partial charge in [0, 0.05) is 12.5 Å². The minimum atomic E-state index is -0.792. The molecule has 0 aliphatic carbocycles. The van der Waals surface area contributed by atoms with Gasteiger partial charge in [0.05, 0.1) is 12.7 Å². The van der Waals surface area contributed by atoms with E-state index >= 15 is 0 Å². The largest absolute Gasteiger partial charge is 0.490 e. The van der Waals surface area contributed by atoms with Crippen molar-refractivity contribution in [1.82, 2.24) is 5.32 Å². The van der Waals surface area contributed by atoms with Crippen LogP contribution in [0.25, 0.3) is 10.8 Å². The number of ether oxygens (including phenoxy) is 3. The van der Waals surface area contributed by atoms with Crippen molar-refractivity contribution in [1.29, 1.82) is 0 Å². The van der Waals surface area contributed by atoms with Gasteiger partial charge in [-0.25, -0.2) is 4.79 Å². The summed E-state index contributed by atoms with van der Waals surface area (Å²) in [6.45, 7) is 2.81. The molecule has 1 heterocycles. The lowest BCUT2D eigenvalue weighted by atomic mass is 9.87. The molecule has 1 amide bonds. The van der Waals surface area contributed by atoms with Gasteiger partial charge in [-0.05, 0) is 53.1 Å². The van der Waals surface area contributed by atoms with E-state index in [0.29, 0.717) is 12.5 Å². The topological polar surface area (TPSA) is 82.8 Å². The lowest BCUT2D eigenvalue weighted by molar-refractivity contribution is 0.0106. The highest BCUT2D eigenvalue weighted by Crippen LogP contribution is 2.30. The number of carbonyl (C=O) groups is 1. The Morgan fingerprint density at radius 2 is 1.81 bits per heavy atom. The van der Waals surface area contributed by atoms with Crippen molar-refractivity contribution in [3.8, 4) is 5.75 Å². The van der Waals surface area contributed by atoms with Crippen LogP contribution in [0.3, 0.4) is 0 Å². The van der Waals surface area contributed by atoms with Gasteiger partial charge in [-0.1, -0.05) is 48.5 Å². The average molecular weight is 421 g/mol. The van der Waals surface area contributed by atoms with Gasteiger partial charge in [0.15, 0.2) is 0 Å². The van der Waals surface area contributed by atoms with Gasteiger partial charge < -0.3 is 25.3 Å². The number of hydrogen-bond acceptors (Lipinski definition) is 5. The summed E-state index contributed by atoms with van der Waals surface area (Å²) in [4.78, 5) is 10.6. The Balaban J connectivity index is 1.36. The minimum Gasteiger partial charge on any atom is -0.490 e. The molecule has 3 aromatic rings. The lowest BCUT2D eigenvalue weighted by Gasteiger charge is -2.32. The van der Waals surface area contributed by atoms with Crippen LogP contribution in [0.4, 0.5) is 4.79 Å². The van der Waals surface area contributed by atoms with E-state index < -0.39 is 6.09 Å². The fourth-order valence-electron chi connectivity index (χ4n) is 4.03. The first-order valence-electron chi connectivity index (χ1n) is 10.6. The molecule has 0 saturated carbocycles. The summed E-state index contributed by atoms with van der Waals surface area (Å²) in [7, 11) is 0. The molecular formula is C25H28N2O4. The van der Waals surface area contributed by atoms with E-state index in [0.717, 1.165) is 25.3 Å². The first-order chi connectivity index (χ1) is 15.2. The Bertz CT molecular complexity index is 1010. The van der Waals surface area contributed by atoms with Crippen molar-refractivity contribution in [2.24, 2.45) is 5.73 Å². The van der Waals surface area contributed by atoms with Crippen LogP contribution in [-0.4, -0.2) is 38.5 Å². The molecule has 3 N–H and O–H groups in total. The van der Waals surface area contributed by atoms with Gasteiger partial charge >= 0.3 is 6.09 Å². The fourth-order valence-corrected chi connectivity index (χ4v) is 4.03. The molecule has 0 radical (unpaired) electrons. The number of rotatable bonds is 8. The second-order valence-corrected chi connectivity index (χ2v) is 7.72. The molecule has 2 unspecified atom stereocenters. The first-order valence-corrected chi connectivity index (χ1v) is 10.6. The number of carbonyl (C=O) groups excluding carboxylic acids is 1. The molecule has 0 spiro atoms. The number of fused-ring (bicyclic) bond motifs is 1. The van der Waals surface area contributed by atoms with Crippen LogP contribution in [0.2, 0.25) is 0 Å². The minimum absolute atomic E-state index is 0.107. The molecule has 2 atom stereocenters. The Morgan fingerprint density at radius 3 is 2.61 bits per heavy atom. The molecule has 4 rings (SSSR count). The molecule has 1 saturated heterocycles. The number of amides is 1. The second kappa shape index (κ2) is 10.3. The summed E-state index contributed by atoms with van der Waals surface area (Å²) in [5.74, 6) is 1.06. The third-order valence-corrected chi connectivity index (χ3v) is 5.61. The van der Waals surface area contributed by atoms with E-state index in [4.69, 9.17) is 15.2 Å². The Kier molecular flexibility index (Phi) is 7.02. The SMILES string of the molecule is NC(=O)OCCOc1ccc(C2CCNCC2OCc2ccc3ccccc3c2)cc1. The van der Waals surface area contributed by atoms with Crippen LogP contribution >= 0.6 is 0 Å². The molecule has 6 nitrogen and oxygen atoms in total. The van der Waals surface area contributed by atoms with Crippen LogP contribution in [-0.2, 0) is 16.1 Å². The van der Waals surface area contributed by atoms with Gasteiger partial charge in [0.2, 0.25) is 0 Å². The smallest absolute Gasteiger partial charge is 0.404 e. The van der Waals surface area contributed by atoms with Gasteiger partial charge in [-0.2, -0.15) is 0 Å². The van der Waals surface area contributed by atoms with Crippen LogP contribution in [0.5, 0.6) is 5.75 Å². The van der Waals surface area contributed by atoms with E-state index in [2.05, 4.69) is 64.7 Å². The van der Waals surface area contributed by atoms with Gasteiger partial charge in [0.25, 0.3) is 0 Å². The second-order valence-electron chi connectivity index (χ2n) is 7.72. The zero-order valence-corrected chi connectivity index (χ0v) is 17.5. The predicted octanol–water partition coefficient (Wildman–Crippen LogP) is 3.98. The Hall–Kier alpha value is -3.09. The molecule has 1 aliphatic rings. The zero-order chi connectivity index (χ0) is 21.5. The maximum atomic E-state index is 10.6. The van der Waals surface area contributed by atoms with Gasteiger partial charge in [-0.3, -0.25) is 0 Å². The molecule has 3 aromatic carbocycles. The molecule has 0 bridgehead atoms. The highest BCUT2D eigenvalue weighted by atomic mass is 16.6. The summed E-state index contributed by atoms with van der Waals surface area (Å²) >= 11 is 0. The fraction of sp³-hybridized carbons (Fsp3) is 0.320.